The van der Waals surface area contributed by atoms with Gasteiger partial charge < -0.3 is 25.4 Å². The van der Waals surface area contributed by atoms with Gasteiger partial charge in [-0.2, -0.15) is 0 Å². The number of rotatable bonds is 7. The first-order valence-electron chi connectivity index (χ1n) is 10.8. The molecule has 3 saturated heterocycles. The second-order valence-corrected chi connectivity index (χ2v) is 10.2. The molecule has 8 nitrogen and oxygen atoms in total. The number of nitrogens with zero attached hydrogens (tertiary/aromatic N) is 1. The summed E-state index contributed by atoms with van der Waals surface area (Å²) in [5, 5.41) is 15.2. The topological polar surface area (TPSA) is 108 Å². The quantitative estimate of drug-likeness (QED) is 0.370. The van der Waals surface area contributed by atoms with Crippen molar-refractivity contribution in [3.8, 4) is 0 Å². The number of likely N-dealkylation sites (tertiary alicyclic amines) is 1. The van der Waals surface area contributed by atoms with Gasteiger partial charge in [-0.05, 0) is 37.8 Å². The molecular formula is C22H27BrClN3O5. The maximum Gasteiger partial charge on any atom is 0.250 e. The van der Waals surface area contributed by atoms with Crippen molar-refractivity contribution in [2.24, 2.45) is 11.8 Å². The van der Waals surface area contributed by atoms with Gasteiger partial charge in [0.1, 0.15) is 11.6 Å². The highest BCUT2D eigenvalue weighted by Gasteiger charge is 2.76. The number of aryl methyl sites for hydroxylation is 1. The molecule has 0 saturated carbocycles. The van der Waals surface area contributed by atoms with E-state index in [1.54, 1.807) is 12.1 Å². The van der Waals surface area contributed by atoms with Crippen LogP contribution in [0.4, 0.5) is 5.69 Å². The van der Waals surface area contributed by atoms with Crippen molar-refractivity contribution in [3.63, 3.8) is 0 Å². The first-order chi connectivity index (χ1) is 15.3. The maximum atomic E-state index is 13.7. The molecule has 0 aliphatic carbocycles. The lowest BCUT2D eigenvalue weighted by Gasteiger charge is -2.34. The summed E-state index contributed by atoms with van der Waals surface area (Å²) in [6.45, 7) is 2.13. The van der Waals surface area contributed by atoms with E-state index in [2.05, 4.69) is 26.6 Å². The predicted octanol–water partition coefficient (Wildman–Crippen LogP) is 1.85. The number of unbranched alkanes of at least 4 members (excludes halogenated alkanes) is 1. The number of carbonyl (C=O) groups excluding carboxylic acids is 3. The monoisotopic (exact) mass is 527 g/mol. The Hall–Kier alpha value is -1.68. The summed E-state index contributed by atoms with van der Waals surface area (Å²) in [5.41, 5.74) is 0.188. The molecule has 10 heteroatoms. The molecular weight excluding hydrogens is 502 g/mol. The average Bonchev–Trinajstić information content (AvgIpc) is 3.34. The normalized spacial score (nSPS) is 32.8. The van der Waals surface area contributed by atoms with Gasteiger partial charge in [0.25, 0.3) is 0 Å². The highest BCUT2D eigenvalue weighted by Crippen LogP contribution is 2.60. The number of fused-ring (bicyclic) bond motifs is 1. The van der Waals surface area contributed by atoms with E-state index < -0.39 is 29.6 Å². The number of anilines is 1. The van der Waals surface area contributed by atoms with Gasteiger partial charge in [-0.1, -0.05) is 39.7 Å². The number of amides is 3. The molecule has 3 amide bonds. The molecule has 1 aromatic carbocycles. The number of nitrogens with one attached hydrogen (secondary N) is 2. The van der Waals surface area contributed by atoms with E-state index >= 15 is 0 Å². The smallest absolute Gasteiger partial charge is 0.250 e. The zero-order chi connectivity index (χ0) is 23.2. The van der Waals surface area contributed by atoms with Crippen LogP contribution in [0.2, 0.25) is 5.02 Å². The van der Waals surface area contributed by atoms with Crippen LogP contribution in [-0.4, -0.2) is 70.5 Å². The molecule has 174 valence electrons. The lowest BCUT2D eigenvalue weighted by Crippen LogP contribution is -2.54. The number of ether oxygens (including phenoxy) is 1. The molecule has 6 atom stereocenters. The highest BCUT2D eigenvalue weighted by atomic mass is 79.9. The number of alkyl halides is 1. The Morgan fingerprint density at radius 3 is 2.75 bits per heavy atom. The Morgan fingerprint density at radius 2 is 2.09 bits per heavy atom. The van der Waals surface area contributed by atoms with Crippen molar-refractivity contribution >= 4 is 50.9 Å². The van der Waals surface area contributed by atoms with Crippen LogP contribution < -0.4 is 10.6 Å². The van der Waals surface area contributed by atoms with Gasteiger partial charge in [0.15, 0.2) is 0 Å². The van der Waals surface area contributed by atoms with Crippen LogP contribution in [0.3, 0.4) is 0 Å². The van der Waals surface area contributed by atoms with Gasteiger partial charge in [0.2, 0.25) is 17.7 Å². The number of benzene rings is 1. The van der Waals surface area contributed by atoms with Gasteiger partial charge in [-0.3, -0.25) is 14.4 Å². The minimum atomic E-state index is -1.11. The fraction of sp³-hybridized carbons (Fsp3) is 0.591. The number of aliphatic hydroxyl groups is 1. The summed E-state index contributed by atoms with van der Waals surface area (Å²) in [5.74, 6) is -2.32. The minimum Gasteiger partial charge on any atom is -0.396 e. The summed E-state index contributed by atoms with van der Waals surface area (Å²) in [6, 6.07) is 4.43. The van der Waals surface area contributed by atoms with Gasteiger partial charge in [0, 0.05) is 25.0 Å². The predicted molar refractivity (Wildman–Crippen MR) is 123 cm³/mol. The Morgan fingerprint density at radius 1 is 1.34 bits per heavy atom. The lowest BCUT2D eigenvalue weighted by molar-refractivity contribution is -0.140. The molecule has 0 radical (unpaired) electrons. The van der Waals surface area contributed by atoms with Crippen LogP contribution in [0.15, 0.2) is 18.2 Å². The summed E-state index contributed by atoms with van der Waals surface area (Å²) < 4.78 is 6.36. The summed E-state index contributed by atoms with van der Waals surface area (Å²) in [6.07, 6.45) is 0.993. The molecule has 3 heterocycles. The Labute approximate surface area is 200 Å². The van der Waals surface area contributed by atoms with E-state index in [4.69, 9.17) is 16.3 Å². The number of aliphatic hydroxyl groups excluding tert-OH is 1. The van der Waals surface area contributed by atoms with Crippen molar-refractivity contribution in [1.29, 1.82) is 0 Å². The molecule has 1 spiro atoms. The Balaban J connectivity index is 1.73. The van der Waals surface area contributed by atoms with E-state index in [9.17, 15) is 19.5 Å². The zero-order valence-corrected chi connectivity index (χ0v) is 20.3. The first kappa shape index (κ1) is 23.5. The van der Waals surface area contributed by atoms with Crippen molar-refractivity contribution in [2.45, 2.75) is 48.8 Å². The van der Waals surface area contributed by atoms with Gasteiger partial charge >= 0.3 is 0 Å². The minimum absolute atomic E-state index is 0.00477. The standard InChI is InChI=1S/C22H27BrClN3O5/c1-11-6-5-7-13(24)16(11)26-20(30)18-22-10-12(23)17(32-22)14(19(29)25-2)15(22)21(31)27(18)8-3-4-9-28/h5-7,12,14-15,17-18,28H,3-4,8-10H2,1-2H3,(H,25,29)(H,26,30)/t12?,14-,15+,17-,18?,22?/m1/s1. The van der Waals surface area contributed by atoms with Crippen LogP contribution in [0.25, 0.3) is 0 Å². The molecule has 2 bridgehead atoms. The van der Waals surface area contributed by atoms with Crippen molar-refractivity contribution in [1.82, 2.24) is 10.2 Å². The molecule has 3 aliphatic heterocycles. The molecule has 32 heavy (non-hydrogen) atoms. The molecule has 3 N–H and O–H groups in total. The molecule has 4 rings (SSSR count). The molecule has 0 aromatic heterocycles. The van der Waals surface area contributed by atoms with E-state index in [0.717, 1.165) is 5.56 Å². The van der Waals surface area contributed by atoms with Gasteiger partial charge in [-0.25, -0.2) is 0 Å². The second kappa shape index (κ2) is 8.93. The SMILES string of the molecule is CNC(=O)[C@H]1[C@@H]2OC3(CC2Br)C(C(=O)Nc2c(C)cccc2Cl)N(CCCCO)C(=O)[C@H]13. The molecule has 3 fully saturated rings. The summed E-state index contributed by atoms with van der Waals surface area (Å²) in [7, 11) is 1.53. The van der Waals surface area contributed by atoms with E-state index in [1.807, 2.05) is 13.0 Å². The lowest BCUT2D eigenvalue weighted by atomic mass is 9.70. The average molecular weight is 529 g/mol. The largest absolute Gasteiger partial charge is 0.396 e. The third-order valence-corrected chi connectivity index (χ3v) is 8.02. The van der Waals surface area contributed by atoms with Crippen molar-refractivity contribution in [2.75, 3.05) is 25.5 Å². The summed E-state index contributed by atoms with van der Waals surface area (Å²) >= 11 is 9.94. The number of halogens is 2. The van der Waals surface area contributed by atoms with Gasteiger partial charge in [-0.15, -0.1) is 0 Å². The number of hydrogen-bond donors (Lipinski definition) is 3. The number of hydrogen-bond acceptors (Lipinski definition) is 5. The van der Waals surface area contributed by atoms with Crippen LogP contribution in [-0.2, 0) is 19.1 Å². The van der Waals surface area contributed by atoms with Crippen molar-refractivity contribution < 1.29 is 24.2 Å². The zero-order valence-electron chi connectivity index (χ0n) is 17.9. The number of para-hydroxylation sites is 1. The van der Waals surface area contributed by atoms with E-state index in [1.165, 1.54) is 11.9 Å². The van der Waals surface area contributed by atoms with Crippen LogP contribution in [0.5, 0.6) is 0 Å². The van der Waals surface area contributed by atoms with Crippen LogP contribution in [0, 0.1) is 18.8 Å². The molecule has 3 aliphatic rings. The van der Waals surface area contributed by atoms with E-state index in [-0.39, 0.29) is 29.2 Å². The Kier molecular flexibility index (Phi) is 6.55. The fourth-order valence-electron chi connectivity index (χ4n) is 5.51. The first-order valence-corrected chi connectivity index (χ1v) is 12.1. The third kappa shape index (κ3) is 3.54. The molecule has 3 unspecified atom stereocenters. The fourth-order valence-corrected chi connectivity index (χ4v) is 6.72. The van der Waals surface area contributed by atoms with Crippen molar-refractivity contribution in [3.05, 3.63) is 28.8 Å². The third-order valence-electron chi connectivity index (χ3n) is 6.86. The highest BCUT2D eigenvalue weighted by molar-refractivity contribution is 9.09. The van der Waals surface area contributed by atoms with E-state index in [0.29, 0.717) is 36.5 Å². The van der Waals surface area contributed by atoms with Gasteiger partial charge in [0.05, 0.1) is 28.6 Å². The summed E-state index contributed by atoms with van der Waals surface area (Å²) in [4.78, 5) is 41.4. The maximum absolute atomic E-state index is 13.7. The Bertz CT molecular complexity index is 926. The molecule has 1 aromatic rings. The number of carbonyl (C=O) groups is 3. The van der Waals surface area contributed by atoms with Crippen LogP contribution >= 0.6 is 27.5 Å². The second-order valence-electron chi connectivity index (χ2n) is 8.66. The van der Waals surface area contributed by atoms with Crippen LogP contribution in [0.1, 0.15) is 24.8 Å².